The average molecular weight is 448 g/mol. The minimum atomic E-state index is -4.05. The SMILES string of the molecule is CCOP(=O)(OCC)C1(c2ccccc2)OC(=O)c2ccccc2/C1=C\c1ccccc1. The van der Waals surface area contributed by atoms with Crippen LogP contribution in [0, 0.1) is 0 Å². The van der Waals surface area contributed by atoms with Crippen LogP contribution in [0.2, 0.25) is 0 Å². The Morgan fingerprint density at radius 2 is 1.34 bits per heavy atom. The molecule has 6 heteroatoms. The predicted molar refractivity (Wildman–Crippen MR) is 125 cm³/mol. The second kappa shape index (κ2) is 9.25. The molecule has 1 aliphatic rings. The molecule has 32 heavy (non-hydrogen) atoms. The quantitative estimate of drug-likeness (QED) is 0.304. The van der Waals surface area contributed by atoms with Crippen LogP contribution in [0.5, 0.6) is 0 Å². The van der Waals surface area contributed by atoms with Crippen LogP contribution < -0.4 is 0 Å². The molecule has 0 fully saturated rings. The van der Waals surface area contributed by atoms with Crippen molar-refractivity contribution >= 4 is 25.2 Å². The van der Waals surface area contributed by atoms with Gasteiger partial charge in [-0.2, -0.15) is 0 Å². The third-order valence-electron chi connectivity index (χ3n) is 5.30. The maximum atomic E-state index is 14.5. The fourth-order valence-corrected chi connectivity index (χ4v) is 6.27. The summed E-state index contributed by atoms with van der Waals surface area (Å²) in [4.78, 5) is 13.2. The molecule has 0 aromatic heterocycles. The lowest BCUT2D eigenvalue weighted by atomic mass is 9.87. The van der Waals surface area contributed by atoms with Gasteiger partial charge in [0, 0.05) is 11.1 Å². The Kier molecular flexibility index (Phi) is 6.43. The first-order chi connectivity index (χ1) is 15.6. The Balaban J connectivity index is 2.12. The highest BCUT2D eigenvalue weighted by Crippen LogP contribution is 2.71. The van der Waals surface area contributed by atoms with E-state index in [4.69, 9.17) is 13.8 Å². The minimum absolute atomic E-state index is 0.129. The summed E-state index contributed by atoms with van der Waals surface area (Å²) in [5.74, 6) is -0.575. The van der Waals surface area contributed by atoms with Crippen LogP contribution >= 0.6 is 7.60 Å². The molecule has 0 amide bonds. The van der Waals surface area contributed by atoms with E-state index in [2.05, 4.69) is 0 Å². The zero-order valence-electron chi connectivity index (χ0n) is 18.1. The van der Waals surface area contributed by atoms with Crippen LogP contribution in [-0.2, 0) is 23.7 Å². The summed E-state index contributed by atoms with van der Waals surface area (Å²) in [7, 11) is -4.05. The number of hydrogen-bond donors (Lipinski definition) is 0. The summed E-state index contributed by atoms with van der Waals surface area (Å²) in [6.07, 6.45) is 1.89. The van der Waals surface area contributed by atoms with Crippen molar-refractivity contribution in [2.24, 2.45) is 0 Å². The molecule has 3 aromatic rings. The van der Waals surface area contributed by atoms with Crippen molar-refractivity contribution in [1.82, 2.24) is 0 Å². The standard InChI is InChI=1S/C26H25O5P/c1-3-29-32(28,30-4-2)26(21-15-9-6-10-16-21)24(19-20-13-7-5-8-14-20)22-17-11-12-18-23(22)25(27)31-26/h5-19H,3-4H2,1-2H3/b24-19+. The van der Waals surface area contributed by atoms with E-state index in [9.17, 15) is 9.36 Å². The zero-order chi connectivity index (χ0) is 22.6. The van der Waals surface area contributed by atoms with Gasteiger partial charge < -0.3 is 13.8 Å². The number of ether oxygens (including phenoxy) is 1. The lowest BCUT2D eigenvalue weighted by molar-refractivity contribution is 0.0167. The lowest BCUT2D eigenvalue weighted by Gasteiger charge is -2.43. The van der Waals surface area contributed by atoms with Crippen LogP contribution in [0.15, 0.2) is 84.9 Å². The summed E-state index contributed by atoms with van der Waals surface area (Å²) < 4.78 is 32.2. The first-order valence-corrected chi connectivity index (χ1v) is 12.1. The molecule has 0 saturated carbocycles. The molecule has 1 aliphatic heterocycles. The van der Waals surface area contributed by atoms with E-state index in [0.717, 1.165) is 5.56 Å². The van der Waals surface area contributed by atoms with Crippen LogP contribution in [0.4, 0.5) is 0 Å². The third kappa shape index (κ3) is 3.73. The highest BCUT2D eigenvalue weighted by atomic mass is 31.2. The summed E-state index contributed by atoms with van der Waals surface area (Å²) in [5, 5.41) is -1.76. The van der Waals surface area contributed by atoms with Gasteiger partial charge in [-0.05, 0) is 37.1 Å². The number of carbonyl (C=O) groups is 1. The monoisotopic (exact) mass is 448 g/mol. The van der Waals surface area contributed by atoms with Crippen LogP contribution in [0.1, 0.15) is 40.9 Å². The Morgan fingerprint density at radius 1 is 0.812 bits per heavy atom. The highest BCUT2D eigenvalue weighted by molar-refractivity contribution is 7.55. The first kappa shape index (κ1) is 22.2. The second-order valence-electron chi connectivity index (χ2n) is 7.25. The number of hydrogen-bond acceptors (Lipinski definition) is 5. The van der Waals surface area contributed by atoms with Crippen molar-refractivity contribution in [1.29, 1.82) is 0 Å². The van der Waals surface area contributed by atoms with Crippen molar-refractivity contribution < 1.29 is 23.1 Å². The van der Waals surface area contributed by atoms with Crippen molar-refractivity contribution in [3.8, 4) is 0 Å². The molecular weight excluding hydrogens is 423 g/mol. The van der Waals surface area contributed by atoms with Gasteiger partial charge >= 0.3 is 13.6 Å². The van der Waals surface area contributed by atoms with E-state index in [1.807, 2.05) is 66.7 Å². The van der Waals surface area contributed by atoms with Gasteiger partial charge in [0.05, 0.1) is 18.8 Å². The maximum Gasteiger partial charge on any atom is 0.383 e. The van der Waals surface area contributed by atoms with Gasteiger partial charge in [0.2, 0.25) is 0 Å². The van der Waals surface area contributed by atoms with Crippen LogP contribution in [-0.4, -0.2) is 19.2 Å². The van der Waals surface area contributed by atoms with E-state index in [1.165, 1.54) is 0 Å². The van der Waals surface area contributed by atoms with Gasteiger partial charge in [0.1, 0.15) is 0 Å². The van der Waals surface area contributed by atoms with Gasteiger partial charge in [-0.25, -0.2) is 4.79 Å². The number of fused-ring (bicyclic) bond motifs is 1. The Hall–Kier alpha value is -2.98. The lowest BCUT2D eigenvalue weighted by Crippen LogP contribution is -2.39. The van der Waals surface area contributed by atoms with Crippen molar-refractivity contribution in [3.63, 3.8) is 0 Å². The molecule has 0 saturated heterocycles. The molecule has 1 unspecified atom stereocenters. The maximum absolute atomic E-state index is 14.5. The van der Waals surface area contributed by atoms with Gasteiger partial charge in [-0.3, -0.25) is 4.57 Å². The van der Waals surface area contributed by atoms with E-state index < -0.39 is 18.9 Å². The van der Waals surface area contributed by atoms with Crippen molar-refractivity contribution in [2.75, 3.05) is 13.2 Å². The molecule has 0 radical (unpaired) electrons. The number of cyclic esters (lactones) is 1. The molecule has 0 aliphatic carbocycles. The molecule has 1 atom stereocenters. The average Bonchev–Trinajstić information content (AvgIpc) is 2.82. The molecule has 0 spiro atoms. The van der Waals surface area contributed by atoms with E-state index >= 15 is 0 Å². The molecule has 1 heterocycles. The van der Waals surface area contributed by atoms with E-state index in [-0.39, 0.29) is 13.2 Å². The summed E-state index contributed by atoms with van der Waals surface area (Å²) in [6, 6.07) is 25.8. The van der Waals surface area contributed by atoms with Crippen molar-refractivity contribution in [3.05, 3.63) is 107 Å². The van der Waals surface area contributed by atoms with Crippen molar-refractivity contribution in [2.45, 2.75) is 19.2 Å². The molecule has 0 bridgehead atoms. The summed E-state index contributed by atoms with van der Waals surface area (Å²) in [5.41, 5.74) is 2.98. The van der Waals surface area contributed by atoms with E-state index in [1.54, 1.807) is 38.1 Å². The molecule has 0 N–H and O–H groups in total. The fourth-order valence-electron chi connectivity index (χ4n) is 4.01. The van der Waals surface area contributed by atoms with Gasteiger partial charge in [0.15, 0.2) is 0 Å². The van der Waals surface area contributed by atoms with Crippen LogP contribution in [0.3, 0.4) is 0 Å². The summed E-state index contributed by atoms with van der Waals surface area (Å²) >= 11 is 0. The Labute approximate surface area is 188 Å². The zero-order valence-corrected chi connectivity index (χ0v) is 19.0. The third-order valence-corrected chi connectivity index (χ3v) is 7.86. The topological polar surface area (TPSA) is 61.8 Å². The molecule has 3 aromatic carbocycles. The number of benzene rings is 3. The molecular formula is C26H25O5P. The number of esters is 1. The highest BCUT2D eigenvalue weighted by Gasteiger charge is 2.61. The van der Waals surface area contributed by atoms with Crippen LogP contribution in [0.25, 0.3) is 11.6 Å². The van der Waals surface area contributed by atoms with Gasteiger partial charge in [-0.15, -0.1) is 0 Å². The first-order valence-electron chi connectivity index (χ1n) is 10.6. The fraction of sp³-hybridized carbons (Fsp3) is 0.192. The van der Waals surface area contributed by atoms with Gasteiger partial charge in [0.25, 0.3) is 5.34 Å². The molecule has 164 valence electrons. The Morgan fingerprint density at radius 3 is 1.94 bits per heavy atom. The summed E-state index contributed by atoms with van der Waals surface area (Å²) in [6.45, 7) is 3.74. The predicted octanol–water partition coefficient (Wildman–Crippen LogP) is 6.52. The largest absolute Gasteiger partial charge is 0.432 e. The minimum Gasteiger partial charge on any atom is -0.432 e. The molecule has 5 nitrogen and oxygen atoms in total. The number of rotatable bonds is 7. The van der Waals surface area contributed by atoms with Gasteiger partial charge in [-0.1, -0.05) is 78.9 Å². The number of carbonyl (C=O) groups excluding carboxylic acids is 1. The normalized spacial score (nSPS) is 19.4. The smallest absolute Gasteiger partial charge is 0.383 e. The molecule has 4 rings (SSSR count). The second-order valence-corrected chi connectivity index (χ2v) is 9.39. The van der Waals surface area contributed by atoms with E-state index in [0.29, 0.717) is 22.3 Å². The Bertz CT molecular complexity index is 1160.